The van der Waals surface area contributed by atoms with Crippen LogP contribution in [0.15, 0.2) is 6.20 Å². The number of fused-ring (bicyclic) bond motifs is 1. The molecular weight excluding hydrogens is 277 g/mol. The third-order valence-corrected chi connectivity index (χ3v) is 4.72. The van der Waals surface area contributed by atoms with E-state index in [1.807, 2.05) is 0 Å². The minimum atomic E-state index is 0. The van der Waals surface area contributed by atoms with Crippen molar-refractivity contribution in [3.05, 3.63) is 15.5 Å². The van der Waals surface area contributed by atoms with Crippen LogP contribution in [0, 0.1) is 5.92 Å². The smallest absolute Gasteiger partial charge is 0.113 e. The van der Waals surface area contributed by atoms with Crippen LogP contribution in [-0.2, 0) is 6.54 Å². The summed E-state index contributed by atoms with van der Waals surface area (Å²) in [6.07, 6.45) is 4.37. The van der Waals surface area contributed by atoms with E-state index >= 15 is 0 Å². The van der Waals surface area contributed by atoms with Crippen LogP contribution >= 0.6 is 35.3 Å². The molecule has 96 valence electrons. The van der Waals surface area contributed by atoms with Gasteiger partial charge in [-0.15, -0.1) is 23.7 Å². The van der Waals surface area contributed by atoms with Gasteiger partial charge in [0, 0.05) is 19.1 Å². The molecule has 2 atom stereocenters. The molecule has 1 N–H and O–H groups in total. The lowest BCUT2D eigenvalue weighted by Crippen LogP contribution is -2.43. The molecule has 2 aliphatic heterocycles. The number of thiazole rings is 1. The second kappa shape index (κ2) is 5.85. The summed E-state index contributed by atoms with van der Waals surface area (Å²) in [6, 6.07) is 0.774. The standard InChI is InChI=1S/C11H16ClN3S.ClH/c12-10-5-14-11(16-10)7-15-4-2-9-8(6-15)1-3-13-9;/h5,8-9,13H,1-4,6-7H2;1H. The van der Waals surface area contributed by atoms with Crippen LogP contribution in [-0.4, -0.2) is 35.6 Å². The number of hydrogen-bond acceptors (Lipinski definition) is 4. The maximum atomic E-state index is 5.89. The molecule has 1 aromatic rings. The van der Waals surface area contributed by atoms with E-state index in [2.05, 4.69) is 15.2 Å². The molecule has 0 spiro atoms. The number of nitrogens with one attached hydrogen (secondary N) is 1. The monoisotopic (exact) mass is 293 g/mol. The maximum Gasteiger partial charge on any atom is 0.113 e. The van der Waals surface area contributed by atoms with E-state index in [1.165, 1.54) is 32.5 Å². The Morgan fingerprint density at radius 1 is 1.53 bits per heavy atom. The van der Waals surface area contributed by atoms with Gasteiger partial charge in [-0.1, -0.05) is 11.6 Å². The van der Waals surface area contributed by atoms with Crippen molar-refractivity contribution in [2.45, 2.75) is 25.4 Å². The Balaban J connectivity index is 0.00000108. The van der Waals surface area contributed by atoms with Crippen LogP contribution in [0.3, 0.4) is 0 Å². The third-order valence-electron chi connectivity index (χ3n) is 3.62. The highest BCUT2D eigenvalue weighted by molar-refractivity contribution is 7.15. The number of nitrogens with zero attached hydrogens (tertiary/aromatic N) is 2. The first kappa shape index (κ1) is 13.6. The zero-order valence-corrected chi connectivity index (χ0v) is 12.0. The molecule has 0 amide bonds. The van der Waals surface area contributed by atoms with Gasteiger partial charge in [0.2, 0.25) is 0 Å². The first-order chi connectivity index (χ1) is 7.81. The Kier molecular flexibility index (Phi) is 4.66. The van der Waals surface area contributed by atoms with E-state index in [4.69, 9.17) is 11.6 Å². The summed E-state index contributed by atoms with van der Waals surface area (Å²) >= 11 is 7.50. The Bertz CT molecular complexity index is 371. The molecule has 1 aromatic heterocycles. The van der Waals surface area contributed by atoms with Crippen LogP contribution < -0.4 is 5.32 Å². The highest BCUT2D eigenvalue weighted by Gasteiger charge is 2.32. The van der Waals surface area contributed by atoms with Gasteiger partial charge in [0.15, 0.2) is 0 Å². The van der Waals surface area contributed by atoms with Gasteiger partial charge >= 0.3 is 0 Å². The fourth-order valence-electron chi connectivity index (χ4n) is 2.82. The fraction of sp³-hybridized carbons (Fsp3) is 0.727. The van der Waals surface area contributed by atoms with Crippen molar-refractivity contribution in [1.29, 1.82) is 0 Å². The summed E-state index contributed by atoms with van der Waals surface area (Å²) in [5, 5.41) is 4.73. The molecule has 2 fully saturated rings. The zero-order valence-electron chi connectivity index (χ0n) is 9.56. The van der Waals surface area contributed by atoms with Gasteiger partial charge in [-0.25, -0.2) is 4.98 Å². The fourth-order valence-corrected chi connectivity index (χ4v) is 3.82. The van der Waals surface area contributed by atoms with Crippen LogP contribution in [0.2, 0.25) is 4.34 Å². The van der Waals surface area contributed by atoms with Gasteiger partial charge in [-0.05, 0) is 25.3 Å². The lowest BCUT2D eigenvalue weighted by atomic mass is 9.93. The van der Waals surface area contributed by atoms with Crippen molar-refractivity contribution >= 4 is 35.3 Å². The van der Waals surface area contributed by atoms with Crippen LogP contribution in [0.25, 0.3) is 0 Å². The second-order valence-corrected chi connectivity index (χ2v) is 6.44. The largest absolute Gasteiger partial charge is 0.314 e. The minimum Gasteiger partial charge on any atom is -0.314 e. The normalized spacial score (nSPS) is 28.8. The Labute approximate surface area is 117 Å². The Morgan fingerprint density at radius 3 is 3.18 bits per heavy atom. The molecule has 3 rings (SSSR count). The van der Waals surface area contributed by atoms with E-state index in [9.17, 15) is 0 Å². The van der Waals surface area contributed by atoms with Gasteiger partial charge < -0.3 is 5.32 Å². The van der Waals surface area contributed by atoms with Crippen molar-refractivity contribution in [3.63, 3.8) is 0 Å². The number of piperidine rings is 1. The summed E-state index contributed by atoms with van der Waals surface area (Å²) in [7, 11) is 0. The van der Waals surface area contributed by atoms with Crippen LogP contribution in [0.4, 0.5) is 0 Å². The molecule has 2 aliphatic rings. The number of likely N-dealkylation sites (tertiary alicyclic amines) is 1. The van der Waals surface area contributed by atoms with Crippen molar-refractivity contribution in [2.24, 2.45) is 5.92 Å². The molecule has 0 aromatic carbocycles. The molecular formula is C11H17Cl2N3S. The highest BCUT2D eigenvalue weighted by atomic mass is 35.5. The lowest BCUT2D eigenvalue weighted by molar-refractivity contribution is 0.156. The molecule has 17 heavy (non-hydrogen) atoms. The van der Waals surface area contributed by atoms with E-state index < -0.39 is 0 Å². The summed E-state index contributed by atoms with van der Waals surface area (Å²) < 4.78 is 0.799. The summed E-state index contributed by atoms with van der Waals surface area (Å²) in [4.78, 5) is 6.84. The summed E-state index contributed by atoms with van der Waals surface area (Å²) in [5.41, 5.74) is 0. The predicted octanol–water partition coefficient (Wildman–Crippen LogP) is 2.40. The summed E-state index contributed by atoms with van der Waals surface area (Å²) in [6.45, 7) is 4.58. The van der Waals surface area contributed by atoms with E-state index in [0.29, 0.717) is 0 Å². The highest BCUT2D eigenvalue weighted by Crippen LogP contribution is 2.27. The number of aromatic nitrogens is 1. The van der Waals surface area contributed by atoms with E-state index in [-0.39, 0.29) is 12.4 Å². The average Bonchev–Trinajstić information content (AvgIpc) is 2.87. The molecule has 0 bridgehead atoms. The topological polar surface area (TPSA) is 28.2 Å². The predicted molar refractivity (Wildman–Crippen MR) is 74.2 cm³/mol. The quantitative estimate of drug-likeness (QED) is 0.908. The lowest BCUT2D eigenvalue weighted by Gasteiger charge is -2.34. The van der Waals surface area contributed by atoms with Crippen molar-refractivity contribution in [2.75, 3.05) is 19.6 Å². The molecule has 0 saturated carbocycles. The number of hydrogen-bond donors (Lipinski definition) is 1. The van der Waals surface area contributed by atoms with Gasteiger partial charge in [-0.3, -0.25) is 4.90 Å². The molecule has 2 unspecified atom stereocenters. The van der Waals surface area contributed by atoms with Gasteiger partial charge in [-0.2, -0.15) is 0 Å². The van der Waals surface area contributed by atoms with Crippen LogP contribution in [0.5, 0.6) is 0 Å². The molecule has 0 radical (unpaired) electrons. The van der Waals surface area contributed by atoms with Gasteiger partial charge in [0.1, 0.15) is 9.34 Å². The van der Waals surface area contributed by atoms with Crippen molar-refractivity contribution < 1.29 is 0 Å². The first-order valence-corrected chi connectivity index (χ1v) is 7.06. The van der Waals surface area contributed by atoms with Crippen LogP contribution in [0.1, 0.15) is 17.8 Å². The second-order valence-electron chi connectivity index (χ2n) is 4.69. The molecule has 0 aliphatic carbocycles. The molecule has 2 saturated heterocycles. The van der Waals surface area contributed by atoms with Crippen molar-refractivity contribution in [1.82, 2.24) is 15.2 Å². The summed E-state index contributed by atoms with van der Waals surface area (Å²) in [5.74, 6) is 0.851. The zero-order chi connectivity index (χ0) is 11.0. The molecule has 6 heteroatoms. The molecule has 3 heterocycles. The van der Waals surface area contributed by atoms with Gasteiger partial charge in [0.25, 0.3) is 0 Å². The van der Waals surface area contributed by atoms with Crippen molar-refractivity contribution in [3.8, 4) is 0 Å². The Hall–Kier alpha value is 0.130. The minimum absolute atomic E-state index is 0. The Morgan fingerprint density at radius 2 is 2.41 bits per heavy atom. The maximum absolute atomic E-state index is 5.89. The third kappa shape index (κ3) is 3.12. The first-order valence-electron chi connectivity index (χ1n) is 5.87. The number of rotatable bonds is 2. The van der Waals surface area contributed by atoms with Gasteiger partial charge in [0.05, 0.1) is 12.7 Å². The molecule has 3 nitrogen and oxygen atoms in total. The van der Waals surface area contributed by atoms with E-state index in [1.54, 1.807) is 17.5 Å². The average molecular weight is 294 g/mol. The SMILES string of the molecule is Cl.Clc1cnc(CN2CCC3NCCC3C2)s1. The number of halogens is 2. The van der Waals surface area contributed by atoms with E-state index in [0.717, 1.165) is 27.8 Å².